The summed E-state index contributed by atoms with van der Waals surface area (Å²) >= 11 is 0. The van der Waals surface area contributed by atoms with E-state index in [-0.39, 0.29) is 0 Å². The Balaban J connectivity index is 2.05. The Labute approximate surface area is 158 Å². The van der Waals surface area contributed by atoms with Gasteiger partial charge in [-0.1, -0.05) is 24.2 Å². The SMILES string of the molecule is CCCOc1ccc(-c2conc2-c2cc(OC)cc(OC)c2OC)cc1. The van der Waals surface area contributed by atoms with Gasteiger partial charge in [-0.15, -0.1) is 0 Å². The predicted molar refractivity (Wildman–Crippen MR) is 103 cm³/mol. The molecule has 0 saturated heterocycles. The Morgan fingerprint density at radius 1 is 0.889 bits per heavy atom. The maximum atomic E-state index is 5.65. The van der Waals surface area contributed by atoms with Crippen LogP contribution in [0, 0.1) is 0 Å². The van der Waals surface area contributed by atoms with Crippen LogP contribution in [0.25, 0.3) is 22.4 Å². The molecule has 0 aliphatic heterocycles. The quantitative estimate of drug-likeness (QED) is 0.567. The van der Waals surface area contributed by atoms with E-state index in [2.05, 4.69) is 12.1 Å². The maximum Gasteiger partial charge on any atom is 0.170 e. The van der Waals surface area contributed by atoms with E-state index in [1.807, 2.05) is 30.3 Å². The van der Waals surface area contributed by atoms with Crippen molar-refractivity contribution in [3.8, 4) is 45.4 Å². The summed E-state index contributed by atoms with van der Waals surface area (Å²) in [5.74, 6) is 2.60. The van der Waals surface area contributed by atoms with Gasteiger partial charge < -0.3 is 23.5 Å². The second-order valence-electron chi connectivity index (χ2n) is 5.86. The molecule has 6 heteroatoms. The molecule has 0 saturated carbocycles. The highest BCUT2D eigenvalue weighted by Gasteiger charge is 2.21. The lowest BCUT2D eigenvalue weighted by molar-refractivity contribution is 0.317. The number of methoxy groups -OCH3 is 3. The van der Waals surface area contributed by atoms with Crippen LogP contribution in [0.3, 0.4) is 0 Å². The number of hydrogen-bond donors (Lipinski definition) is 0. The maximum absolute atomic E-state index is 5.65. The third-order valence-electron chi connectivity index (χ3n) is 4.15. The molecular formula is C21H23NO5. The van der Waals surface area contributed by atoms with E-state index in [4.69, 9.17) is 23.5 Å². The van der Waals surface area contributed by atoms with Crippen molar-refractivity contribution in [3.05, 3.63) is 42.7 Å². The number of benzene rings is 2. The topological polar surface area (TPSA) is 63.0 Å². The molecule has 142 valence electrons. The van der Waals surface area contributed by atoms with Crippen molar-refractivity contribution >= 4 is 0 Å². The van der Waals surface area contributed by atoms with Crippen molar-refractivity contribution < 1.29 is 23.5 Å². The Bertz CT molecular complexity index is 886. The molecule has 0 N–H and O–H groups in total. The number of aromatic nitrogens is 1. The Morgan fingerprint density at radius 2 is 1.67 bits per heavy atom. The summed E-state index contributed by atoms with van der Waals surface area (Å²) in [6.45, 7) is 2.77. The molecule has 1 heterocycles. The standard InChI is InChI=1S/C21H23NO5/c1-5-10-26-15-8-6-14(7-9-15)18-13-27-22-20(18)17-11-16(23-2)12-19(24-3)21(17)25-4/h6-9,11-13H,5,10H2,1-4H3. The fourth-order valence-corrected chi connectivity index (χ4v) is 2.82. The Kier molecular flexibility index (Phi) is 5.86. The van der Waals surface area contributed by atoms with E-state index in [0.29, 0.717) is 29.5 Å². The molecule has 0 aliphatic carbocycles. The largest absolute Gasteiger partial charge is 0.497 e. The molecule has 3 rings (SSSR count). The number of hydrogen-bond acceptors (Lipinski definition) is 6. The van der Waals surface area contributed by atoms with Gasteiger partial charge in [0.25, 0.3) is 0 Å². The Hall–Kier alpha value is -3.15. The summed E-state index contributed by atoms with van der Waals surface area (Å²) in [6.07, 6.45) is 2.58. The molecule has 6 nitrogen and oxygen atoms in total. The predicted octanol–water partition coefficient (Wildman–Crippen LogP) is 4.82. The summed E-state index contributed by atoms with van der Waals surface area (Å²) in [7, 11) is 4.77. The lowest BCUT2D eigenvalue weighted by Gasteiger charge is -2.14. The van der Waals surface area contributed by atoms with Crippen molar-refractivity contribution in [1.29, 1.82) is 0 Å². The molecule has 1 aromatic heterocycles. The molecule has 3 aromatic rings. The van der Waals surface area contributed by atoms with E-state index >= 15 is 0 Å². The first-order valence-electron chi connectivity index (χ1n) is 8.69. The molecule has 0 spiro atoms. The van der Waals surface area contributed by atoms with Gasteiger partial charge in [-0.05, 0) is 30.2 Å². The van der Waals surface area contributed by atoms with Gasteiger partial charge >= 0.3 is 0 Å². The summed E-state index contributed by atoms with van der Waals surface area (Å²) < 4.78 is 27.3. The number of ether oxygens (including phenoxy) is 4. The van der Waals surface area contributed by atoms with Crippen molar-refractivity contribution in [2.45, 2.75) is 13.3 Å². The first-order valence-corrected chi connectivity index (χ1v) is 8.69. The highest BCUT2D eigenvalue weighted by molar-refractivity contribution is 5.85. The third kappa shape index (κ3) is 3.84. The Morgan fingerprint density at radius 3 is 2.30 bits per heavy atom. The lowest BCUT2D eigenvalue weighted by atomic mass is 10.0. The van der Waals surface area contributed by atoms with E-state index < -0.39 is 0 Å². The van der Waals surface area contributed by atoms with Gasteiger partial charge in [0.2, 0.25) is 0 Å². The minimum atomic E-state index is 0.559. The first-order chi connectivity index (χ1) is 13.2. The molecule has 0 radical (unpaired) electrons. The average molecular weight is 369 g/mol. The molecule has 0 aliphatic rings. The average Bonchev–Trinajstić information content (AvgIpc) is 3.21. The van der Waals surface area contributed by atoms with Gasteiger partial charge in [-0.25, -0.2) is 0 Å². The van der Waals surface area contributed by atoms with Gasteiger partial charge in [0.05, 0.1) is 33.5 Å². The van der Waals surface area contributed by atoms with Crippen LogP contribution in [-0.2, 0) is 0 Å². The van der Waals surface area contributed by atoms with Crippen LogP contribution >= 0.6 is 0 Å². The fourth-order valence-electron chi connectivity index (χ4n) is 2.82. The molecule has 0 unspecified atom stereocenters. The van der Waals surface area contributed by atoms with Crippen molar-refractivity contribution in [2.75, 3.05) is 27.9 Å². The molecule has 0 fully saturated rings. The van der Waals surface area contributed by atoms with Gasteiger partial charge in [0.1, 0.15) is 23.5 Å². The normalized spacial score (nSPS) is 10.5. The summed E-state index contributed by atoms with van der Waals surface area (Å²) in [5, 5.41) is 4.20. The zero-order valence-corrected chi connectivity index (χ0v) is 15.9. The monoisotopic (exact) mass is 369 g/mol. The van der Waals surface area contributed by atoms with Crippen LogP contribution < -0.4 is 18.9 Å². The van der Waals surface area contributed by atoms with Crippen molar-refractivity contribution in [2.24, 2.45) is 0 Å². The second kappa shape index (κ2) is 8.49. The fraction of sp³-hybridized carbons (Fsp3) is 0.286. The van der Waals surface area contributed by atoms with Gasteiger partial charge in [-0.3, -0.25) is 0 Å². The summed E-state index contributed by atoms with van der Waals surface area (Å²) in [4.78, 5) is 0. The number of rotatable bonds is 8. The zero-order valence-electron chi connectivity index (χ0n) is 15.9. The molecule has 0 amide bonds. The van der Waals surface area contributed by atoms with E-state index in [0.717, 1.165) is 28.9 Å². The van der Waals surface area contributed by atoms with Gasteiger partial charge in [-0.2, -0.15) is 0 Å². The van der Waals surface area contributed by atoms with Crippen LogP contribution in [0.2, 0.25) is 0 Å². The number of nitrogens with zero attached hydrogens (tertiary/aromatic N) is 1. The molecular weight excluding hydrogens is 346 g/mol. The first kappa shape index (κ1) is 18.6. The molecule has 0 bridgehead atoms. The van der Waals surface area contributed by atoms with Gasteiger partial charge in [0, 0.05) is 11.6 Å². The highest BCUT2D eigenvalue weighted by Crippen LogP contribution is 2.44. The summed E-state index contributed by atoms with van der Waals surface area (Å²) in [5.41, 5.74) is 3.17. The third-order valence-corrected chi connectivity index (χ3v) is 4.15. The van der Waals surface area contributed by atoms with Crippen molar-refractivity contribution in [3.63, 3.8) is 0 Å². The minimum absolute atomic E-state index is 0.559. The smallest absolute Gasteiger partial charge is 0.170 e. The van der Waals surface area contributed by atoms with E-state index in [1.165, 1.54) is 0 Å². The van der Waals surface area contributed by atoms with Crippen LogP contribution in [0.15, 0.2) is 47.2 Å². The lowest BCUT2D eigenvalue weighted by Crippen LogP contribution is -1.96. The van der Waals surface area contributed by atoms with Crippen LogP contribution in [0.1, 0.15) is 13.3 Å². The highest BCUT2D eigenvalue weighted by atomic mass is 16.5. The summed E-state index contributed by atoms with van der Waals surface area (Å²) in [6, 6.07) is 11.4. The molecule has 0 atom stereocenters. The molecule has 27 heavy (non-hydrogen) atoms. The molecule has 2 aromatic carbocycles. The minimum Gasteiger partial charge on any atom is -0.497 e. The van der Waals surface area contributed by atoms with Crippen LogP contribution in [0.4, 0.5) is 0 Å². The zero-order chi connectivity index (χ0) is 19.2. The second-order valence-corrected chi connectivity index (χ2v) is 5.86. The van der Waals surface area contributed by atoms with Crippen molar-refractivity contribution in [1.82, 2.24) is 5.16 Å². The van der Waals surface area contributed by atoms with Crippen LogP contribution in [0.5, 0.6) is 23.0 Å². The van der Waals surface area contributed by atoms with Gasteiger partial charge in [0.15, 0.2) is 11.5 Å². The van der Waals surface area contributed by atoms with Crippen LogP contribution in [-0.4, -0.2) is 33.1 Å². The van der Waals surface area contributed by atoms with E-state index in [1.54, 1.807) is 33.7 Å². The van der Waals surface area contributed by atoms with E-state index in [9.17, 15) is 0 Å².